The maximum atomic E-state index is 6.76. The van der Waals surface area contributed by atoms with Gasteiger partial charge in [0.25, 0.3) is 0 Å². The zero-order valence-electron chi connectivity index (χ0n) is 29.8. The first-order valence-electron chi connectivity index (χ1n) is 16.8. The fourth-order valence-corrected chi connectivity index (χ4v) is 7.34. The van der Waals surface area contributed by atoms with E-state index >= 15 is 0 Å². The van der Waals surface area contributed by atoms with Crippen molar-refractivity contribution in [2.75, 3.05) is 57.9 Å². The third kappa shape index (κ3) is 6.57. The molecule has 2 fully saturated rings. The van der Waals surface area contributed by atoms with Crippen LogP contribution in [0, 0.1) is 6.92 Å². The number of hydrogen-bond donors (Lipinski definition) is 1. The number of nitrogens with zero attached hydrogens (tertiary/aromatic N) is 7. The normalized spacial score (nSPS) is 17.7. The van der Waals surface area contributed by atoms with E-state index in [1.54, 1.807) is 27.7 Å². The van der Waals surface area contributed by atoms with Crippen LogP contribution in [0.3, 0.4) is 0 Å². The summed E-state index contributed by atoms with van der Waals surface area (Å²) in [5, 5.41) is 9.59. The van der Waals surface area contributed by atoms with Crippen molar-refractivity contribution >= 4 is 36.9 Å². The lowest BCUT2D eigenvalue weighted by atomic mass is 10.1. The van der Waals surface area contributed by atoms with E-state index in [-0.39, 0.29) is 17.1 Å². The molecule has 48 heavy (non-hydrogen) atoms. The second-order valence-corrected chi connectivity index (χ2v) is 19.0. The number of fused-ring (bicyclic) bond motifs is 1. The van der Waals surface area contributed by atoms with Crippen LogP contribution in [0.1, 0.15) is 58.2 Å². The standard InChI is InChI=1S/C34H50N8O5Si/c1-22-29-31(41-14-10-11-24(41)20-47-48(8,9)34(2,3)4)37-33(38-32(29)42(39-22)23-12-15-46-16-13-23)36-28-19-40(21-35-28)25-17-26(43-5)30(45-7)27(18-25)44-6/h17-19,21,23-24H,10-16,20H2,1-9H3,(H,36,37,38). The topological polar surface area (TPSA) is 123 Å². The van der Waals surface area contributed by atoms with Crippen LogP contribution in [0.4, 0.5) is 17.6 Å². The van der Waals surface area contributed by atoms with E-state index in [4.69, 9.17) is 38.4 Å². The van der Waals surface area contributed by atoms with Gasteiger partial charge in [-0.15, -0.1) is 0 Å². The Bertz CT molecular complexity index is 1720. The van der Waals surface area contributed by atoms with Crippen LogP contribution in [0.2, 0.25) is 18.1 Å². The molecule has 2 aliphatic heterocycles. The minimum absolute atomic E-state index is 0.142. The number of aryl methyl sites for hydroxylation is 1. The molecule has 1 N–H and O–H groups in total. The molecule has 0 amide bonds. The van der Waals surface area contributed by atoms with Gasteiger partial charge in [0.05, 0.1) is 63.0 Å². The predicted octanol–water partition coefficient (Wildman–Crippen LogP) is 6.43. The molecule has 1 aromatic carbocycles. The highest BCUT2D eigenvalue weighted by molar-refractivity contribution is 6.74. The van der Waals surface area contributed by atoms with Crippen molar-refractivity contribution in [2.24, 2.45) is 0 Å². The number of ether oxygens (including phenoxy) is 4. The van der Waals surface area contributed by atoms with Crippen molar-refractivity contribution in [1.29, 1.82) is 0 Å². The molecule has 5 heterocycles. The van der Waals surface area contributed by atoms with Gasteiger partial charge in [0.2, 0.25) is 11.7 Å². The lowest BCUT2D eigenvalue weighted by Crippen LogP contribution is -2.45. The van der Waals surface area contributed by atoms with Gasteiger partial charge in [0.1, 0.15) is 12.1 Å². The molecule has 3 aromatic heterocycles. The Hall–Kier alpha value is -3.88. The van der Waals surface area contributed by atoms with E-state index in [1.807, 2.05) is 22.9 Å². The first-order chi connectivity index (χ1) is 22.9. The van der Waals surface area contributed by atoms with Gasteiger partial charge in [0, 0.05) is 31.9 Å². The summed E-state index contributed by atoms with van der Waals surface area (Å²) in [7, 11) is 2.87. The van der Waals surface area contributed by atoms with Gasteiger partial charge < -0.3 is 38.2 Å². The van der Waals surface area contributed by atoms with Crippen LogP contribution in [-0.4, -0.2) is 91.4 Å². The predicted molar refractivity (Wildman–Crippen MR) is 189 cm³/mol. The van der Waals surface area contributed by atoms with Crippen LogP contribution >= 0.6 is 0 Å². The number of nitrogens with one attached hydrogen (secondary N) is 1. The van der Waals surface area contributed by atoms with Crippen molar-refractivity contribution in [3.05, 3.63) is 30.4 Å². The first kappa shape index (κ1) is 34.0. The average molecular weight is 679 g/mol. The van der Waals surface area contributed by atoms with E-state index in [9.17, 15) is 0 Å². The van der Waals surface area contributed by atoms with E-state index in [0.717, 1.165) is 60.5 Å². The van der Waals surface area contributed by atoms with Gasteiger partial charge in [-0.2, -0.15) is 15.1 Å². The Kier molecular flexibility index (Phi) is 9.60. The van der Waals surface area contributed by atoms with E-state index in [0.29, 0.717) is 48.8 Å². The minimum Gasteiger partial charge on any atom is -0.493 e. The molecule has 0 spiro atoms. The SMILES string of the molecule is COc1cc(-n2cnc(Nc3nc(N4CCCC4CO[Si](C)(C)C(C)(C)C)c4c(C)nn(C5CCOCC5)c4n3)c2)cc(OC)c1OC. The van der Waals surface area contributed by atoms with E-state index in [1.165, 1.54) is 0 Å². The Morgan fingerprint density at radius 3 is 2.35 bits per heavy atom. The largest absolute Gasteiger partial charge is 0.493 e. The number of methoxy groups -OCH3 is 3. The van der Waals surface area contributed by atoms with Crippen molar-refractivity contribution < 1.29 is 23.4 Å². The highest BCUT2D eigenvalue weighted by atomic mass is 28.4. The maximum Gasteiger partial charge on any atom is 0.232 e. The fraction of sp³-hybridized carbons (Fsp3) is 0.588. The van der Waals surface area contributed by atoms with Crippen LogP contribution < -0.4 is 24.4 Å². The van der Waals surface area contributed by atoms with Crippen LogP contribution in [0.25, 0.3) is 16.7 Å². The van der Waals surface area contributed by atoms with Crippen molar-refractivity contribution in [3.8, 4) is 22.9 Å². The van der Waals surface area contributed by atoms with Crippen LogP contribution in [0.5, 0.6) is 17.2 Å². The van der Waals surface area contributed by atoms with Crippen molar-refractivity contribution in [1.82, 2.24) is 29.3 Å². The van der Waals surface area contributed by atoms with Gasteiger partial charge in [-0.25, -0.2) is 9.67 Å². The highest BCUT2D eigenvalue weighted by Gasteiger charge is 2.39. The average Bonchev–Trinajstić information content (AvgIpc) is 3.82. The Morgan fingerprint density at radius 1 is 1.00 bits per heavy atom. The number of benzene rings is 1. The third-order valence-corrected chi connectivity index (χ3v) is 14.6. The molecular formula is C34H50N8O5Si. The molecule has 6 rings (SSSR count). The molecule has 0 aliphatic carbocycles. The summed E-state index contributed by atoms with van der Waals surface area (Å²) in [5.41, 5.74) is 2.56. The van der Waals surface area contributed by atoms with E-state index in [2.05, 4.69) is 60.7 Å². The molecule has 0 saturated carbocycles. The number of aromatic nitrogens is 6. The number of rotatable bonds is 11. The van der Waals surface area contributed by atoms with Gasteiger partial charge in [-0.3, -0.25) is 0 Å². The molecule has 0 radical (unpaired) electrons. The van der Waals surface area contributed by atoms with Gasteiger partial charge >= 0.3 is 0 Å². The molecule has 0 bridgehead atoms. The highest BCUT2D eigenvalue weighted by Crippen LogP contribution is 2.41. The molecular weight excluding hydrogens is 629 g/mol. The number of imidazole rings is 1. The fourth-order valence-electron chi connectivity index (χ4n) is 6.30. The molecule has 260 valence electrons. The van der Waals surface area contributed by atoms with E-state index < -0.39 is 8.32 Å². The Balaban J connectivity index is 1.37. The summed E-state index contributed by atoms with van der Waals surface area (Å²) >= 11 is 0. The molecule has 2 aliphatic rings. The summed E-state index contributed by atoms with van der Waals surface area (Å²) in [4.78, 5) is 17.3. The van der Waals surface area contributed by atoms with Crippen LogP contribution in [-0.2, 0) is 9.16 Å². The summed E-state index contributed by atoms with van der Waals surface area (Å²) in [6.45, 7) is 16.6. The van der Waals surface area contributed by atoms with Gasteiger partial charge in [-0.1, -0.05) is 20.8 Å². The summed E-state index contributed by atoms with van der Waals surface area (Å²) < 4.78 is 33.1. The molecule has 1 unspecified atom stereocenters. The minimum atomic E-state index is -1.92. The van der Waals surface area contributed by atoms with Gasteiger partial charge in [-0.05, 0) is 50.7 Å². The second-order valence-electron chi connectivity index (χ2n) is 14.2. The lowest BCUT2D eigenvalue weighted by Gasteiger charge is -2.38. The molecule has 2 saturated heterocycles. The zero-order chi connectivity index (χ0) is 34.2. The summed E-state index contributed by atoms with van der Waals surface area (Å²) in [6, 6.07) is 4.18. The molecule has 1 atom stereocenters. The maximum absolute atomic E-state index is 6.76. The van der Waals surface area contributed by atoms with Crippen LogP contribution in [0.15, 0.2) is 24.7 Å². The zero-order valence-corrected chi connectivity index (χ0v) is 30.8. The van der Waals surface area contributed by atoms with Crippen molar-refractivity contribution in [3.63, 3.8) is 0 Å². The Labute approximate surface area is 284 Å². The monoisotopic (exact) mass is 678 g/mol. The quantitative estimate of drug-likeness (QED) is 0.177. The Morgan fingerprint density at radius 2 is 1.71 bits per heavy atom. The first-order valence-corrected chi connectivity index (χ1v) is 19.7. The second kappa shape index (κ2) is 13.6. The summed E-state index contributed by atoms with van der Waals surface area (Å²) in [5.74, 6) is 3.61. The molecule has 4 aromatic rings. The molecule has 14 heteroatoms. The summed E-state index contributed by atoms with van der Waals surface area (Å²) in [6.07, 6.45) is 7.53. The third-order valence-electron chi connectivity index (χ3n) is 10.1. The van der Waals surface area contributed by atoms with Crippen molar-refractivity contribution in [2.45, 2.75) is 83.6 Å². The number of hydrogen-bond acceptors (Lipinski definition) is 11. The molecule has 13 nitrogen and oxygen atoms in total. The van der Waals surface area contributed by atoms with Gasteiger partial charge in [0.15, 0.2) is 31.3 Å². The lowest BCUT2D eigenvalue weighted by molar-refractivity contribution is 0.0672. The smallest absolute Gasteiger partial charge is 0.232 e. The number of anilines is 3.